The zero-order valence-electron chi connectivity index (χ0n) is 14.0. The maximum absolute atomic E-state index is 14.8. The van der Waals surface area contributed by atoms with E-state index in [9.17, 15) is 23.2 Å². The van der Waals surface area contributed by atoms with Gasteiger partial charge in [0.1, 0.15) is 5.56 Å². The van der Waals surface area contributed by atoms with Crippen LogP contribution in [0.25, 0.3) is 10.9 Å². The average molecular weight is 429 g/mol. The second kappa shape index (κ2) is 6.79. The number of anilines is 1. The molecule has 0 saturated heterocycles. The Bertz CT molecular complexity index is 999. The molecule has 26 heavy (non-hydrogen) atoms. The van der Waals surface area contributed by atoms with Gasteiger partial charge in [0.15, 0.2) is 11.6 Å². The third-order valence-corrected chi connectivity index (χ3v) is 4.73. The highest BCUT2D eigenvalue weighted by molar-refractivity contribution is 9.10. The van der Waals surface area contributed by atoms with E-state index in [2.05, 4.69) is 21.2 Å². The summed E-state index contributed by atoms with van der Waals surface area (Å²) in [7, 11) is 0. The topological polar surface area (TPSA) is 77.4 Å². The van der Waals surface area contributed by atoms with Crippen LogP contribution in [0, 0.1) is 11.6 Å². The minimum absolute atomic E-state index is 0.0430. The Hall–Kier alpha value is -2.29. The Kier molecular flexibility index (Phi) is 4.83. The van der Waals surface area contributed by atoms with Gasteiger partial charge >= 0.3 is 5.97 Å². The van der Waals surface area contributed by atoms with Gasteiger partial charge in [-0.25, -0.2) is 13.6 Å². The van der Waals surface area contributed by atoms with Crippen LogP contribution in [0.5, 0.6) is 0 Å². The normalized spacial score (nSPS) is 13.7. The predicted molar refractivity (Wildman–Crippen MR) is 94.4 cm³/mol. The van der Waals surface area contributed by atoms with Gasteiger partial charge in [-0.1, -0.05) is 0 Å². The van der Waals surface area contributed by atoms with Crippen molar-refractivity contribution in [2.45, 2.75) is 32.7 Å². The van der Waals surface area contributed by atoms with Gasteiger partial charge in [0.25, 0.3) is 0 Å². The minimum Gasteiger partial charge on any atom is -0.462 e. The number of fused-ring (bicyclic) bond motifs is 1. The molecule has 1 aliphatic rings. The molecule has 2 aromatic rings. The van der Waals surface area contributed by atoms with Gasteiger partial charge in [-0.15, -0.1) is 0 Å². The molecule has 1 heterocycles. The van der Waals surface area contributed by atoms with E-state index in [1.54, 1.807) is 6.92 Å². The monoisotopic (exact) mass is 428 g/mol. The molecule has 0 radical (unpaired) electrons. The van der Waals surface area contributed by atoms with Crippen molar-refractivity contribution in [1.82, 2.24) is 4.57 Å². The maximum Gasteiger partial charge on any atom is 0.343 e. The van der Waals surface area contributed by atoms with Gasteiger partial charge in [0.05, 0.1) is 27.7 Å². The second-order valence-corrected chi connectivity index (χ2v) is 6.75. The van der Waals surface area contributed by atoms with Crippen molar-refractivity contribution in [1.29, 1.82) is 0 Å². The Morgan fingerprint density at radius 1 is 1.35 bits per heavy atom. The van der Waals surface area contributed by atoms with Gasteiger partial charge in [-0.05, 0) is 35.7 Å². The highest BCUT2D eigenvalue weighted by atomic mass is 79.9. The van der Waals surface area contributed by atoms with Crippen molar-refractivity contribution in [2.24, 2.45) is 0 Å². The molecule has 138 valence electrons. The van der Waals surface area contributed by atoms with E-state index in [1.165, 1.54) is 10.8 Å². The van der Waals surface area contributed by atoms with Gasteiger partial charge in [-0.2, -0.15) is 0 Å². The first kappa shape index (κ1) is 18.5. The number of ether oxygens (including phenoxy) is 1. The molecule has 1 aliphatic carbocycles. The molecule has 0 aliphatic heterocycles. The second-order valence-electron chi connectivity index (χ2n) is 5.95. The summed E-state index contributed by atoms with van der Waals surface area (Å²) in [5.74, 6) is -3.61. The van der Waals surface area contributed by atoms with Crippen LogP contribution in [0.3, 0.4) is 0 Å². The molecule has 1 N–H and O–H groups in total. The summed E-state index contributed by atoms with van der Waals surface area (Å²) in [6.07, 6.45) is 2.69. The smallest absolute Gasteiger partial charge is 0.343 e. The largest absolute Gasteiger partial charge is 0.462 e. The fourth-order valence-corrected chi connectivity index (χ4v) is 3.18. The summed E-state index contributed by atoms with van der Waals surface area (Å²) >= 11 is 2.83. The van der Waals surface area contributed by atoms with Gasteiger partial charge < -0.3 is 14.6 Å². The van der Waals surface area contributed by atoms with E-state index in [0.29, 0.717) is 0 Å². The van der Waals surface area contributed by atoms with Crippen LogP contribution in [0.2, 0.25) is 0 Å². The first-order valence-electron chi connectivity index (χ1n) is 7.97. The zero-order chi connectivity index (χ0) is 19.2. The molecule has 0 spiro atoms. The Balaban J connectivity index is 2.48. The van der Waals surface area contributed by atoms with Crippen LogP contribution < -0.4 is 10.7 Å². The molecule has 1 aromatic carbocycles. The molecule has 0 atom stereocenters. The minimum atomic E-state index is -1.12. The van der Waals surface area contributed by atoms with E-state index >= 15 is 0 Å². The lowest BCUT2D eigenvalue weighted by atomic mass is 10.1. The van der Waals surface area contributed by atoms with Gasteiger partial charge in [0, 0.05) is 19.2 Å². The number of halogens is 3. The molecular formula is C17H15BrF2N2O4. The van der Waals surface area contributed by atoms with Gasteiger partial charge in [-0.3, -0.25) is 9.59 Å². The number of rotatable bonds is 4. The number of esters is 1. The quantitative estimate of drug-likeness (QED) is 0.596. The molecule has 9 heteroatoms. The molecule has 6 nitrogen and oxygen atoms in total. The average Bonchev–Trinajstić information content (AvgIpc) is 3.41. The molecule has 1 aromatic heterocycles. The molecule has 3 rings (SSSR count). The van der Waals surface area contributed by atoms with E-state index in [-0.39, 0.29) is 23.7 Å². The molecule has 1 amide bonds. The molecule has 0 unspecified atom stereocenters. The first-order chi connectivity index (χ1) is 12.3. The van der Waals surface area contributed by atoms with Crippen molar-refractivity contribution in [3.63, 3.8) is 0 Å². The maximum atomic E-state index is 14.8. The SMILES string of the molecule is CCOC(=O)c1cn(C2CC2)c2c(F)c(Br)c(F)c(NC(C)=O)c2c1=O. The number of aromatic nitrogens is 1. The van der Waals surface area contributed by atoms with Crippen molar-refractivity contribution in [3.8, 4) is 0 Å². The van der Waals surface area contributed by atoms with Crippen molar-refractivity contribution >= 4 is 44.4 Å². The summed E-state index contributed by atoms with van der Waals surface area (Å²) in [5.41, 5.74) is -1.86. The number of benzene rings is 1. The standard InChI is InChI=1S/C17H15BrF2N2O4/c1-3-26-17(25)9-6-22(8-4-5-8)15-10(16(9)24)14(21-7(2)23)12(19)11(18)13(15)20/h6,8H,3-5H2,1-2H3,(H,21,23). The Morgan fingerprint density at radius 2 is 2.00 bits per heavy atom. The lowest BCUT2D eigenvalue weighted by Gasteiger charge is -2.17. The lowest BCUT2D eigenvalue weighted by molar-refractivity contribution is -0.114. The highest BCUT2D eigenvalue weighted by Gasteiger charge is 2.32. The number of carbonyl (C=O) groups excluding carboxylic acids is 2. The van der Waals surface area contributed by atoms with E-state index in [4.69, 9.17) is 4.74 Å². The van der Waals surface area contributed by atoms with E-state index < -0.39 is 44.5 Å². The summed E-state index contributed by atoms with van der Waals surface area (Å²) < 4.78 is 35.2. The van der Waals surface area contributed by atoms with Crippen molar-refractivity contribution < 1.29 is 23.1 Å². The zero-order valence-corrected chi connectivity index (χ0v) is 15.6. The fourth-order valence-electron chi connectivity index (χ4n) is 2.80. The van der Waals surface area contributed by atoms with Crippen LogP contribution in [-0.4, -0.2) is 23.1 Å². The number of amides is 1. The van der Waals surface area contributed by atoms with Crippen molar-refractivity contribution in [3.05, 3.63) is 38.1 Å². The number of hydrogen-bond acceptors (Lipinski definition) is 4. The highest BCUT2D eigenvalue weighted by Crippen LogP contribution is 2.41. The molecule has 1 saturated carbocycles. The summed E-state index contributed by atoms with van der Waals surface area (Å²) in [4.78, 5) is 36.5. The van der Waals surface area contributed by atoms with Crippen LogP contribution in [-0.2, 0) is 9.53 Å². The summed E-state index contributed by atoms with van der Waals surface area (Å²) in [6.45, 7) is 2.76. The van der Waals surface area contributed by atoms with Crippen LogP contribution in [0.15, 0.2) is 15.5 Å². The number of carbonyl (C=O) groups is 2. The van der Waals surface area contributed by atoms with Crippen LogP contribution in [0.4, 0.5) is 14.5 Å². The Morgan fingerprint density at radius 3 is 2.54 bits per heavy atom. The summed E-state index contributed by atoms with van der Waals surface area (Å²) in [5, 5.41) is 1.84. The number of nitrogens with one attached hydrogen (secondary N) is 1. The lowest BCUT2D eigenvalue weighted by Crippen LogP contribution is -2.23. The Labute approximate surface area is 155 Å². The first-order valence-corrected chi connectivity index (χ1v) is 8.77. The molecule has 0 bridgehead atoms. The van der Waals surface area contributed by atoms with Crippen LogP contribution >= 0.6 is 15.9 Å². The third-order valence-electron chi connectivity index (χ3n) is 4.03. The van der Waals surface area contributed by atoms with E-state index in [0.717, 1.165) is 19.8 Å². The fraction of sp³-hybridized carbons (Fsp3) is 0.353. The van der Waals surface area contributed by atoms with Crippen LogP contribution in [0.1, 0.15) is 43.1 Å². The molecular weight excluding hydrogens is 414 g/mol. The van der Waals surface area contributed by atoms with Gasteiger partial charge in [0.2, 0.25) is 11.3 Å². The predicted octanol–water partition coefficient (Wildman–Crippen LogP) is 3.51. The van der Waals surface area contributed by atoms with Crippen molar-refractivity contribution in [2.75, 3.05) is 11.9 Å². The number of hydrogen-bond donors (Lipinski definition) is 1. The number of pyridine rings is 1. The molecule has 1 fully saturated rings. The number of nitrogens with zero attached hydrogens (tertiary/aromatic N) is 1. The summed E-state index contributed by atoms with van der Waals surface area (Å²) in [6, 6.07) is -0.122. The third kappa shape index (κ3) is 3.00. The van der Waals surface area contributed by atoms with E-state index in [1.807, 2.05) is 0 Å².